The van der Waals surface area contributed by atoms with Gasteiger partial charge in [-0.1, -0.05) is 29.8 Å². The fraction of sp³-hybridized carbons (Fsp3) is 0. The maximum Gasteiger partial charge on any atom is 0.224 e. The molecule has 0 radical (unpaired) electrons. The van der Waals surface area contributed by atoms with Gasteiger partial charge in [-0.3, -0.25) is 0 Å². The molecule has 92 valence electrons. The Labute approximate surface area is 117 Å². The van der Waals surface area contributed by atoms with Gasteiger partial charge in [-0.2, -0.15) is 0 Å². The molecule has 0 saturated carbocycles. The highest BCUT2D eigenvalue weighted by atomic mass is 35.5. The Bertz CT molecular complexity index is 946. The average molecular weight is 289 g/mol. The van der Waals surface area contributed by atoms with Crippen molar-refractivity contribution in [3.05, 3.63) is 46.8 Å². The molecule has 2 aromatic heterocycles. The van der Waals surface area contributed by atoms with E-state index < -0.39 is 0 Å². The number of furan rings is 1. The second-order valence-corrected chi connectivity index (χ2v) is 4.94. The number of benzene rings is 2. The van der Waals surface area contributed by atoms with E-state index in [-0.39, 0.29) is 5.28 Å². The molecule has 2 aromatic carbocycles. The van der Waals surface area contributed by atoms with Crippen LogP contribution in [0.15, 0.2) is 40.8 Å². The molecule has 0 atom stereocenters. The van der Waals surface area contributed by atoms with Crippen molar-refractivity contribution in [3.8, 4) is 0 Å². The molecule has 4 rings (SSSR count). The van der Waals surface area contributed by atoms with Crippen LogP contribution in [0.4, 0.5) is 0 Å². The molecule has 4 aromatic rings. The van der Waals surface area contributed by atoms with E-state index in [4.69, 9.17) is 27.6 Å². The van der Waals surface area contributed by atoms with Crippen molar-refractivity contribution in [1.82, 2.24) is 9.97 Å². The maximum atomic E-state index is 6.11. The summed E-state index contributed by atoms with van der Waals surface area (Å²) in [6, 6.07) is 11.6. The summed E-state index contributed by atoms with van der Waals surface area (Å²) in [7, 11) is 0. The van der Waals surface area contributed by atoms with Crippen molar-refractivity contribution in [3.63, 3.8) is 0 Å². The van der Waals surface area contributed by atoms with Crippen LogP contribution < -0.4 is 0 Å². The number of hydrogen-bond acceptors (Lipinski definition) is 3. The van der Waals surface area contributed by atoms with E-state index in [9.17, 15) is 0 Å². The Morgan fingerprint density at radius 3 is 2.58 bits per heavy atom. The zero-order valence-electron chi connectivity index (χ0n) is 9.52. The van der Waals surface area contributed by atoms with Gasteiger partial charge in [0.2, 0.25) is 5.28 Å². The topological polar surface area (TPSA) is 38.9 Å². The van der Waals surface area contributed by atoms with E-state index in [1.54, 1.807) is 0 Å². The summed E-state index contributed by atoms with van der Waals surface area (Å²) >= 11 is 11.9. The van der Waals surface area contributed by atoms with Gasteiger partial charge in [0.1, 0.15) is 16.3 Å². The molecule has 0 spiro atoms. The fourth-order valence-electron chi connectivity index (χ4n) is 2.28. The Morgan fingerprint density at radius 1 is 0.842 bits per heavy atom. The van der Waals surface area contributed by atoms with E-state index in [0.29, 0.717) is 10.7 Å². The number of para-hydroxylation sites is 1. The number of aromatic nitrogens is 2. The van der Waals surface area contributed by atoms with Gasteiger partial charge >= 0.3 is 0 Å². The first kappa shape index (κ1) is 11.0. The van der Waals surface area contributed by atoms with Crippen LogP contribution in [0.25, 0.3) is 32.8 Å². The quantitative estimate of drug-likeness (QED) is 0.343. The van der Waals surface area contributed by atoms with Crippen molar-refractivity contribution in [2.24, 2.45) is 0 Å². The number of halogens is 2. The highest BCUT2D eigenvalue weighted by molar-refractivity contribution is 6.36. The molecule has 0 unspecified atom stereocenters. The van der Waals surface area contributed by atoms with Crippen LogP contribution in [0.3, 0.4) is 0 Å². The van der Waals surface area contributed by atoms with Gasteiger partial charge in [0, 0.05) is 22.2 Å². The smallest absolute Gasteiger partial charge is 0.224 e. The maximum absolute atomic E-state index is 6.11. The van der Waals surface area contributed by atoms with Crippen LogP contribution in [-0.4, -0.2) is 9.97 Å². The van der Waals surface area contributed by atoms with Crippen LogP contribution in [0.2, 0.25) is 10.4 Å². The molecule has 0 N–H and O–H groups in total. The van der Waals surface area contributed by atoms with Gasteiger partial charge in [0.25, 0.3) is 0 Å². The summed E-state index contributed by atoms with van der Waals surface area (Å²) in [4.78, 5) is 8.13. The summed E-state index contributed by atoms with van der Waals surface area (Å²) < 4.78 is 5.79. The van der Waals surface area contributed by atoms with Crippen LogP contribution in [-0.2, 0) is 0 Å². The van der Waals surface area contributed by atoms with E-state index in [0.717, 1.165) is 27.3 Å². The Balaban J connectivity index is 2.25. The van der Waals surface area contributed by atoms with E-state index in [2.05, 4.69) is 9.97 Å². The second kappa shape index (κ2) is 3.83. The Morgan fingerprint density at radius 2 is 1.68 bits per heavy atom. The average Bonchev–Trinajstić information content (AvgIpc) is 2.74. The molecular weight excluding hydrogens is 283 g/mol. The lowest BCUT2D eigenvalue weighted by Gasteiger charge is -2.00. The summed E-state index contributed by atoms with van der Waals surface area (Å²) in [5.74, 6) is 0. The molecule has 0 fully saturated rings. The third-order valence-corrected chi connectivity index (χ3v) is 3.58. The van der Waals surface area contributed by atoms with Crippen LogP contribution >= 0.6 is 23.2 Å². The molecule has 0 bridgehead atoms. The molecule has 2 heterocycles. The first-order chi connectivity index (χ1) is 9.22. The van der Waals surface area contributed by atoms with Gasteiger partial charge in [-0.15, -0.1) is 0 Å². The monoisotopic (exact) mass is 288 g/mol. The van der Waals surface area contributed by atoms with Gasteiger partial charge in [-0.05, 0) is 23.7 Å². The predicted molar refractivity (Wildman–Crippen MR) is 76.8 cm³/mol. The first-order valence-corrected chi connectivity index (χ1v) is 6.42. The van der Waals surface area contributed by atoms with E-state index in [1.807, 2.05) is 36.4 Å². The minimum atomic E-state index is 0.132. The van der Waals surface area contributed by atoms with Crippen molar-refractivity contribution in [1.29, 1.82) is 0 Å². The zero-order valence-corrected chi connectivity index (χ0v) is 11.0. The predicted octanol–water partition coefficient (Wildman–Crippen LogP) is 4.84. The van der Waals surface area contributed by atoms with Gasteiger partial charge < -0.3 is 4.42 Å². The summed E-state index contributed by atoms with van der Waals surface area (Å²) in [5.41, 5.74) is 2.28. The fourth-order valence-corrected chi connectivity index (χ4v) is 2.73. The van der Waals surface area contributed by atoms with Crippen LogP contribution in [0.5, 0.6) is 0 Å². The first-order valence-electron chi connectivity index (χ1n) is 5.66. The van der Waals surface area contributed by atoms with E-state index in [1.165, 1.54) is 0 Å². The molecule has 0 aliphatic carbocycles. The third-order valence-electron chi connectivity index (χ3n) is 3.12. The molecule has 0 aliphatic rings. The van der Waals surface area contributed by atoms with Crippen LogP contribution in [0.1, 0.15) is 0 Å². The largest absolute Gasteiger partial charge is 0.456 e. The third kappa shape index (κ3) is 1.59. The standard InChI is InChI=1S/C14H6Cl2N2O/c15-13-9-5-8-7-3-1-2-4-11(7)19-12(8)6-10(9)17-14(16)18-13/h1-6H. The van der Waals surface area contributed by atoms with Crippen LogP contribution in [0, 0.1) is 0 Å². The van der Waals surface area contributed by atoms with Gasteiger partial charge in [-0.25, -0.2) is 9.97 Å². The number of hydrogen-bond donors (Lipinski definition) is 0. The lowest BCUT2D eigenvalue weighted by Crippen LogP contribution is -1.86. The summed E-state index contributed by atoms with van der Waals surface area (Å²) in [6.45, 7) is 0. The molecule has 5 heteroatoms. The molecule has 0 aliphatic heterocycles. The highest BCUT2D eigenvalue weighted by Gasteiger charge is 2.11. The Kier molecular flexibility index (Phi) is 2.22. The lowest BCUT2D eigenvalue weighted by molar-refractivity contribution is 0.669. The Hall–Kier alpha value is -1.84. The normalized spacial score (nSPS) is 11.7. The minimum Gasteiger partial charge on any atom is -0.456 e. The number of nitrogens with zero attached hydrogens (tertiary/aromatic N) is 2. The molecule has 3 nitrogen and oxygen atoms in total. The van der Waals surface area contributed by atoms with Crippen molar-refractivity contribution in [2.45, 2.75) is 0 Å². The summed E-state index contributed by atoms with van der Waals surface area (Å²) in [6.07, 6.45) is 0. The molecule has 0 amide bonds. The van der Waals surface area contributed by atoms with Crippen molar-refractivity contribution in [2.75, 3.05) is 0 Å². The number of rotatable bonds is 0. The van der Waals surface area contributed by atoms with Gasteiger partial charge in [0.05, 0.1) is 5.52 Å². The highest BCUT2D eigenvalue weighted by Crippen LogP contribution is 2.33. The molecular formula is C14H6Cl2N2O. The zero-order chi connectivity index (χ0) is 13.0. The van der Waals surface area contributed by atoms with Gasteiger partial charge in [0.15, 0.2) is 0 Å². The molecule has 19 heavy (non-hydrogen) atoms. The summed E-state index contributed by atoms with van der Waals surface area (Å²) in [5, 5.41) is 3.29. The lowest BCUT2D eigenvalue weighted by atomic mass is 10.1. The second-order valence-electron chi connectivity index (χ2n) is 4.25. The minimum absolute atomic E-state index is 0.132. The van der Waals surface area contributed by atoms with Crippen molar-refractivity contribution >= 4 is 56.0 Å². The van der Waals surface area contributed by atoms with E-state index >= 15 is 0 Å². The van der Waals surface area contributed by atoms with Crippen molar-refractivity contribution < 1.29 is 4.42 Å². The molecule has 0 saturated heterocycles. The SMILES string of the molecule is Clc1nc(Cl)c2cc3c(cc2n1)oc1ccccc13. The number of fused-ring (bicyclic) bond motifs is 4.